The minimum Gasteiger partial charge on any atom is -0.406 e. The summed E-state index contributed by atoms with van der Waals surface area (Å²) in [5, 5.41) is 10.3. The maximum absolute atomic E-state index is 11.1. The fraction of sp³-hybridized carbons (Fsp3) is 0.667. The van der Waals surface area contributed by atoms with Crippen molar-refractivity contribution in [3.8, 4) is 0 Å². The van der Waals surface area contributed by atoms with Crippen molar-refractivity contribution in [3.63, 3.8) is 0 Å². The van der Waals surface area contributed by atoms with Crippen molar-refractivity contribution >= 4 is 11.9 Å². The Kier molecular flexibility index (Phi) is 3.48. The molecule has 1 rings (SSSR count). The molecule has 0 spiro atoms. The molecule has 1 atom stereocenters. The number of carbonyl (C=O) groups excluding carboxylic acids is 1. The minimum atomic E-state index is -0.678. The number of hydrogen-bond acceptors (Lipinski definition) is 6. The smallest absolute Gasteiger partial charge is 0.315 e. The Morgan fingerprint density at radius 2 is 2.19 bits per heavy atom. The van der Waals surface area contributed by atoms with Crippen molar-refractivity contribution in [2.45, 2.75) is 26.8 Å². The van der Waals surface area contributed by atoms with E-state index in [2.05, 4.69) is 15.5 Å². The summed E-state index contributed by atoms with van der Waals surface area (Å²) < 4.78 is 5.21. The van der Waals surface area contributed by atoms with Crippen LogP contribution in [0.2, 0.25) is 0 Å². The standard InChI is InChI=1S/C9H17N5O2/c1-5(10)6-13-14-8(16-6)12-4-9(2,3)7(11)15/h5H,4,10H2,1-3H3,(H2,11,15)(H,12,14). The molecule has 16 heavy (non-hydrogen) atoms. The number of nitrogens with zero attached hydrogens (tertiary/aromatic N) is 2. The zero-order valence-corrected chi connectivity index (χ0v) is 9.65. The summed E-state index contributed by atoms with van der Waals surface area (Å²) in [5.74, 6) is -0.0497. The van der Waals surface area contributed by atoms with E-state index in [1.54, 1.807) is 20.8 Å². The summed E-state index contributed by atoms with van der Waals surface area (Å²) in [6, 6.07) is -0.0752. The van der Waals surface area contributed by atoms with Gasteiger partial charge < -0.3 is 21.2 Å². The van der Waals surface area contributed by atoms with Crippen LogP contribution in [0.15, 0.2) is 4.42 Å². The van der Waals surface area contributed by atoms with Crippen LogP contribution in [0.4, 0.5) is 6.01 Å². The molecule has 90 valence electrons. The highest BCUT2D eigenvalue weighted by Crippen LogP contribution is 2.16. The van der Waals surface area contributed by atoms with Crippen LogP contribution in [-0.4, -0.2) is 22.6 Å². The third-order valence-electron chi connectivity index (χ3n) is 2.18. The fourth-order valence-corrected chi connectivity index (χ4v) is 0.874. The van der Waals surface area contributed by atoms with Gasteiger partial charge in [-0.15, -0.1) is 5.10 Å². The van der Waals surface area contributed by atoms with Crippen molar-refractivity contribution in [3.05, 3.63) is 5.89 Å². The minimum absolute atomic E-state index is 0.238. The first-order chi connectivity index (χ1) is 7.33. The van der Waals surface area contributed by atoms with Gasteiger partial charge in [-0.3, -0.25) is 4.79 Å². The Morgan fingerprint density at radius 1 is 1.56 bits per heavy atom. The highest BCUT2D eigenvalue weighted by atomic mass is 16.4. The molecule has 0 aliphatic heterocycles. The summed E-state index contributed by atoms with van der Waals surface area (Å²) in [6.45, 7) is 5.52. The van der Waals surface area contributed by atoms with Crippen LogP contribution in [0.3, 0.4) is 0 Å². The van der Waals surface area contributed by atoms with Gasteiger partial charge in [0.25, 0.3) is 0 Å². The van der Waals surface area contributed by atoms with E-state index in [0.717, 1.165) is 0 Å². The molecule has 0 fully saturated rings. The fourth-order valence-electron chi connectivity index (χ4n) is 0.874. The molecule has 0 saturated carbocycles. The molecule has 1 aromatic rings. The van der Waals surface area contributed by atoms with Crippen LogP contribution >= 0.6 is 0 Å². The first-order valence-corrected chi connectivity index (χ1v) is 4.95. The Hall–Kier alpha value is -1.63. The lowest BCUT2D eigenvalue weighted by Crippen LogP contribution is -2.37. The molecule has 0 radical (unpaired) electrons. The third-order valence-corrected chi connectivity index (χ3v) is 2.18. The lowest BCUT2D eigenvalue weighted by Gasteiger charge is -2.19. The molecule has 5 N–H and O–H groups in total. The number of anilines is 1. The van der Waals surface area contributed by atoms with E-state index in [1.165, 1.54) is 0 Å². The Labute approximate surface area is 93.6 Å². The predicted molar refractivity (Wildman–Crippen MR) is 58.4 cm³/mol. The maximum Gasteiger partial charge on any atom is 0.315 e. The van der Waals surface area contributed by atoms with Gasteiger partial charge in [0.15, 0.2) is 0 Å². The van der Waals surface area contributed by atoms with E-state index in [9.17, 15) is 4.79 Å². The zero-order valence-electron chi connectivity index (χ0n) is 9.65. The molecule has 7 heteroatoms. The molecule has 0 aliphatic carbocycles. The lowest BCUT2D eigenvalue weighted by molar-refractivity contribution is -0.125. The highest BCUT2D eigenvalue weighted by molar-refractivity contribution is 5.80. The molecule has 1 unspecified atom stereocenters. The molecule has 0 bridgehead atoms. The second-order valence-electron chi connectivity index (χ2n) is 4.34. The number of nitrogens with two attached hydrogens (primary N) is 2. The largest absolute Gasteiger partial charge is 0.406 e. The van der Waals surface area contributed by atoms with E-state index in [0.29, 0.717) is 12.4 Å². The van der Waals surface area contributed by atoms with Crippen LogP contribution in [0.5, 0.6) is 0 Å². The number of nitrogens with one attached hydrogen (secondary N) is 1. The molecular formula is C9H17N5O2. The van der Waals surface area contributed by atoms with E-state index in [1.807, 2.05) is 0 Å². The zero-order chi connectivity index (χ0) is 12.3. The molecule has 1 amide bonds. The molecule has 1 heterocycles. The second kappa shape index (κ2) is 4.48. The van der Waals surface area contributed by atoms with E-state index >= 15 is 0 Å². The number of primary amides is 1. The molecule has 1 aromatic heterocycles. The number of aromatic nitrogens is 2. The number of rotatable bonds is 5. The monoisotopic (exact) mass is 227 g/mol. The van der Waals surface area contributed by atoms with Gasteiger partial charge >= 0.3 is 6.01 Å². The second-order valence-corrected chi connectivity index (χ2v) is 4.34. The third kappa shape index (κ3) is 2.93. The van der Waals surface area contributed by atoms with Gasteiger partial charge in [-0.25, -0.2) is 0 Å². The van der Waals surface area contributed by atoms with Crippen molar-refractivity contribution in [2.75, 3.05) is 11.9 Å². The van der Waals surface area contributed by atoms with Gasteiger partial charge in [0, 0.05) is 6.54 Å². The summed E-state index contributed by atoms with van der Waals surface area (Å²) >= 11 is 0. The van der Waals surface area contributed by atoms with E-state index in [4.69, 9.17) is 15.9 Å². The topological polar surface area (TPSA) is 120 Å². The van der Waals surface area contributed by atoms with Gasteiger partial charge in [-0.05, 0) is 20.8 Å². The molecule has 0 saturated heterocycles. The lowest BCUT2D eigenvalue weighted by atomic mass is 9.93. The van der Waals surface area contributed by atoms with Crippen LogP contribution < -0.4 is 16.8 Å². The number of carbonyl (C=O) groups is 1. The Bertz CT molecular complexity index is 372. The Morgan fingerprint density at radius 3 is 2.62 bits per heavy atom. The molecule has 0 aliphatic rings. The summed E-state index contributed by atoms with van der Waals surface area (Å²) in [4.78, 5) is 11.1. The van der Waals surface area contributed by atoms with E-state index in [-0.39, 0.29) is 12.1 Å². The van der Waals surface area contributed by atoms with Gasteiger partial charge in [-0.1, -0.05) is 5.10 Å². The number of amides is 1. The quantitative estimate of drug-likeness (QED) is 0.651. The summed E-state index contributed by atoms with van der Waals surface area (Å²) in [6.07, 6.45) is 0. The highest BCUT2D eigenvalue weighted by Gasteiger charge is 2.25. The van der Waals surface area contributed by atoms with Crippen molar-refractivity contribution in [1.82, 2.24) is 10.2 Å². The van der Waals surface area contributed by atoms with Gasteiger partial charge in [0.05, 0.1) is 11.5 Å². The van der Waals surface area contributed by atoms with Crippen LogP contribution in [0.1, 0.15) is 32.7 Å². The van der Waals surface area contributed by atoms with Crippen molar-refractivity contribution in [1.29, 1.82) is 0 Å². The van der Waals surface area contributed by atoms with Crippen molar-refractivity contribution < 1.29 is 9.21 Å². The summed E-state index contributed by atoms with van der Waals surface area (Å²) in [5.41, 5.74) is 10.1. The molecular weight excluding hydrogens is 210 g/mol. The van der Waals surface area contributed by atoms with Crippen LogP contribution in [0, 0.1) is 5.41 Å². The average Bonchev–Trinajstić information content (AvgIpc) is 2.63. The van der Waals surface area contributed by atoms with Crippen molar-refractivity contribution in [2.24, 2.45) is 16.9 Å². The van der Waals surface area contributed by atoms with Gasteiger partial charge in [-0.2, -0.15) is 0 Å². The normalized spacial score (nSPS) is 13.5. The van der Waals surface area contributed by atoms with Crippen LogP contribution in [0.25, 0.3) is 0 Å². The maximum atomic E-state index is 11.1. The Balaban J connectivity index is 2.58. The molecule has 0 aromatic carbocycles. The van der Waals surface area contributed by atoms with Gasteiger partial charge in [0.1, 0.15) is 0 Å². The summed E-state index contributed by atoms with van der Waals surface area (Å²) in [7, 11) is 0. The van der Waals surface area contributed by atoms with Crippen LogP contribution in [-0.2, 0) is 4.79 Å². The first-order valence-electron chi connectivity index (χ1n) is 4.95. The van der Waals surface area contributed by atoms with Gasteiger partial charge in [0.2, 0.25) is 11.8 Å². The first kappa shape index (κ1) is 12.4. The molecule has 7 nitrogen and oxygen atoms in total. The van der Waals surface area contributed by atoms with E-state index < -0.39 is 11.3 Å². The predicted octanol–water partition coefficient (Wildman–Crippen LogP) is 0.0127. The number of hydrogen-bond donors (Lipinski definition) is 3. The SMILES string of the molecule is CC(N)c1nnc(NCC(C)(C)C(N)=O)o1. The average molecular weight is 227 g/mol.